The van der Waals surface area contributed by atoms with E-state index >= 15 is 0 Å². The number of aromatic nitrogens is 1. The molecule has 1 aromatic heterocycles. The first-order valence-electron chi connectivity index (χ1n) is 8.92. The second-order valence-electron chi connectivity index (χ2n) is 6.23. The van der Waals surface area contributed by atoms with Gasteiger partial charge in [0.2, 0.25) is 0 Å². The topological polar surface area (TPSA) is 58.4 Å². The van der Waals surface area contributed by atoms with E-state index in [1.165, 1.54) is 21.8 Å². The first-order valence-corrected chi connectivity index (χ1v) is 8.92. The quantitative estimate of drug-likeness (QED) is 0.394. The predicted molar refractivity (Wildman–Crippen MR) is 111 cm³/mol. The van der Waals surface area contributed by atoms with Gasteiger partial charge in [0.1, 0.15) is 0 Å². The lowest BCUT2D eigenvalue weighted by Gasteiger charge is -2.03. The molecule has 0 unspecified atom stereocenters. The summed E-state index contributed by atoms with van der Waals surface area (Å²) in [6.07, 6.45) is 1.65. The van der Waals surface area contributed by atoms with Gasteiger partial charge in [0, 0.05) is 34.0 Å². The summed E-state index contributed by atoms with van der Waals surface area (Å²) in [6, 6.07) is 23.5. The number of urea groups is 1. The van der Waals surface area contributed by atoms with E-state index in [1.807, 2.05) is 36.4 Å². The third-order valence-corrected chi connectivity index (χ3v) is 4.52. The van der Waals surface area contributed by atoms with Crippen LogP contribution in [0.15, 0.2) is 77.9 Å². The molecule has 4 aromatic rings. The lowest BCUT2D eigenvalue weighted by Crippen LogP contribution is -2.24. The van der Waals surface area contributed by atoms with Gasteiger partial charge in [-0.25, -0.2) is 10.2 Å². The number of hydrogen-bond acceptors (Lipinski definition) is 2. The number of carbonyl (C=O) groups is 1. The van der Waals surface area contributed by atoms with Crippen molar-refractivity contribution in [2.24, 2.45) is 5.10 Å². The molecule has 5 nitrogen and oxygen atoms in total. The van der Waals surface area contributed by atoms with Crippen LogP contribution in [-0.2, 0) is 6.54 Å². The molecule has 2 amide bonds. The Balaban J connectivity index is 1.55. The van der Waals surface area contributed by atoms with E-state index in [4.69, 9.17) is 0 Å². The fraction of sp³-hybridized carbons (Fsp3) is 0.0909. The summed E-state index contributed by atoms with van der Waals surface area (Å²) < 4.78 is 2.30. The van der Waals surface area contributed by atoms with Crippen molar-refractivity contribution in [2.45, 2.75) is 13.5 Å². The summed E-state index contributed by atoms with van der Waals surface area (Å²) in [4.78, 5) is 11.9. The summed E-state index contributed by atoms with van der Waals surface area (Å²) in [5.41, 5.74) is 6.57. The summed E-state index contributed by atoms with van der Waals surface area (Å²) in [6.45, 7) is 3.06. The minimum atomic E-state index is -0.374. The zero-order valence-electron chi connectivity index (χ0n) is 15.0. The number of nitrogens with zero attached hydrogens (tertiary/aromatic N) is 2. The minimum absolute atomic E-state index is 0.374. The van der Waals surface area contributed by atoms with Gasteiger partial charge in [-0.3, -0.25) is 0 Å². The molecule has 0 bridgehead atoms. The summed E-state index contributed by atoms with van der Waals surface area (Å²) >= 11 is 0. The van der Waals surface area contributed by atoms with Crippen LogP contribution in [0.3, 0.4) is 0 Å². The largest absolute Gasteiger partial charge is 0.341 e. The van der Waals surface area contributed by atoms with Crippen LogP contribution in [0.2, 0.25) is 0 Å². The fourth-order valence-electron chi connectivity index (χ4n) is 3.34. The highest BCUT2D eigenvalue weighted by molar-refractivity contribution is 6.09. The number of benzene rings is 3. The Kier molecular flexibility index (Phi) is 4.58. The second-order valence-corrected chi connectivity index (χ2v) is 6.23. The standard InChI is InChI=1S/C22H20N4O/c1-2-26-20-11-7-6-10-18(20)19-14-16(12-13-21(19)26)15-23-25-22(27)24-17-8-4-3-5-9-17/h3-15H,2H2,1H3,(H2,24,25,27)/b23-15-. The van der Waals surface area contributed by atoms with Gasteiger partial charge < -0.3 is 9.88 Å². The highest BCUT2D eigenvalue weighted by Crippen LogP contribution is 2.29. The lowest BCUT2D eigenvalue weighted by molar-refractivity contribution is 0.252. The highest BCUT2D eigenvalue weighted by Gasteiger charge is 2.09. The van der Waals surface area contributed by atoms with Crippen LogP contribution < -0.4 is 10.7 Å². The molecule has 3 aromatic carbocycles. The second kappa shape index (κ2) is 7.33. The number of amides is 2. The Morgan fingerprint density at radius 2 is 1.70 bits per heavy atom. The number of nitrogens with one attached hydrogen (secondary N) is 2. The average Bonchev–Trinajstić information content (AvgIpc) is 3.02. The van der Waals surface area contributed by atoms with Crippen LogP contribution in [0.1, 0.15) is 12.5 Å². The molecule has 0 spiro atoms. The minimum Gasteiger partial charge on any atom is -0.341 e. The van der Waals surface area contributed by atoms with Crippen LogP contribution in [0.25, 0.3) is 21.8 Å². The number of anilines is 1. The van der Waals surface area contributed by atoms with Gasteiger partial charge in [-0.2, -0.15) is 5.10 Å². The zero-order chi connectivity index (χ0) is 18.6. The monoisotopic (exact) mass is 356 g/mol. The first kappa shape index (κ1) is 16.8. The van der Waals surface area contributed by atoms with Gasteiger partial charge in [-0.1, -0.05) is 42.5 Å². The molecule has 0 saturated heterocycles. The Morgan fingerprint density at radius 1 is 0.963 bits per heavy atom. The number of para-hydroxylation sites is 2. The molecule has 0 radical (unpaired) electrons. The third-order valence-electron chi connectivity index (χ3n) is 4.52. The van der Waals surface area contributed by atoms with Gasteiger partial charge in [-0.05, 0) is 42.8 Å². The van der Waals surface area contributed by atoms with E-state index < -0.39 is 0 Å². The molecule has 0 fully saturated rings. The van der Waals surface area contributed by atoms with E-state index in [2.05, 4.69) is 63.7 Å². The molecular weight excluding hydrogens is 336 g/mol. The number of hydrazone groups is 1. The van der Waals surface area contributed by atoms with Crippen LogP contribution in [0.5, 0.6) is 0 Å². The van der Waals surface area contributed by atoms with Gasteiger partial charge in [0.05, 0.1) is 6.21 Å². The number of fused-ring (bicyclic) bond motifs is 3. The molecule has 0 aliphatic carbocycles. The van der Waals surface area contributed by atoms with Crippen LogP contribution in [-0.4, -0.2) is 16.8 Å². The lowest BCUT2D eigenvalue weighted by atomic mass is 10.1. The third kappa shape index (κ3) is 3.40. The van der Waals surface area contributed by atoms with E-state index in [9.17, 15) is 4.79 Å². The molecule has 5 heteroatoms. The Hall–Kier alpha value is -3.60. The Labute approximate surface area is 157 Å². The smallest absolute Gasteiger partial charge is 0.339 e. The van der Waals surface area contributed by atoms with Crippen molar-refractivity contribution in [1.82, 2.24) is 9.99 Å². The maximum atomic E-state index is 11.9. The van der Waals surface area contributed by atoms with Crippen molar-refractivity contribution in [1.29, 1.82) is 0 Å². The summed E-state index contributed by atoms with van der Waals surface area (Å²) in [5.74, 6) is 0. The van der Waals surface area contributed by atoms with Crippen molar-refractivity contribution in [2.75, 3.05) is 5.32 Å². The zero-order valence-corrected chi connectivity index (χ0v) is 15.0. The van der Waals surface area contributed by atoms with Crippen molar-refractivity contribution < 1.29 is 4.79 Å². The Morgan fingerprint density at radius 3 is 2.52 bits per heavy atom. The molecule has 134 valence electrons. The van der Waals surface area contributed by atoms with Gasteiger partial charge in [0.15, 0.2) is 0 Å². The Bertz CT molecular complexity index is 1130. The van der Waals surface area contributed by atoms with E-state index in [1.54, 1.807) is 6.21 Å². The molecular formula is C22H20N4O. The average molecular weight is 356 g/mol. The first-order chi connectivity index (χ1) is 13.3. The number of carbonyl (C=O) groups excluding carboxylic acids is 1. The highest BCUT2D eigenvalue weighted by atomic mass is 16.2. The normalized spacial score (nSPS) is 11.3. The number of aryl methyl sites for hydroxylation is 1. The van der Waals surface area contributed by atoms with Crippen LogP contribution >= 0.6 is 0 Å². The number of rotatable bonds is 4. The summed E-state index contributed by atoms with van der Waals surface area (Å²) in [7, 11) is 0. The molecule has 4 rings (SSSR count). The van der Waals surface area contributed by atoms with Gasteiger partial charge >= 0.3 is 6.03 Å². The van der Waals surface area contributed by atoms with E-state index in [-0.39, 0.29) is 6.03 Å². The molecule has 27 heavy (non-hydrogen) atoms. The SMILES string of the molecule is CCn1c2ccccc2c2cc(/C=N\NC(=O)Nc3ccccc3)ccc21. The predicted octanol–water partition coefficient (Wildman–Crippen LogP) is 4.97. The molecule has 1 heterocycles. The maximum Gasteiger partial charge on any atom is 0.339 e. The van der Waals surface area contributed by atoms with Gasteiger partial charge in [0.25, 0.3) is 0 Å². The maximum absolute atomic E-state index is 11.9. The van der Waals surface area contributed by atoms with Crippen LogP contribution in [0.4, 0.5) is 10.5 Å². The fourth-order valence-corrected chi connectivity index (χ4v) is 3.34. The van der Waals surface area contributed by atoms with E-state index in [0.717, 1.165) is 17.8 Å². The van der Waals surface area contributed by atoms with Crippen molar-refractivity contribution >= 4 is 39.7 Å². The van der Waals surface area contributed by atoms with Gasteiger partial charge in [-0.15, -0.1) is 0 Å². The van der Waals surface area contributed by atoms with Crippen molar-refractivity contribution in [3.63, 3.8) is 0 Å². The molecule has 2 N–H and O–H groups in total. The van der Waals surface area contributed by atoms with Crippen molar-refractivity contribution in [3.05, 3.63) is 78.4 Å². The summed E-state index contributed by atoms with van der Waals surface area (Å²) in [5, 5.41) is 9.19. The number of hydrogen-bond donors (Lipinski definition) is 2. The molecule has 0 atom stereocenters. The van der Waals surface area contributed by atoms with E-state index in [0.29, 0.717) is 0 Å². The van der Waals surface area contributed by atoms with Crippen LogP contribution in [0, 0.1) is 0 Å². The van der Waals surface area contributed by atoms with Crippen molar-refractivity contribution in [3.8, 4) is 0 Å². The molecule has 0 aliphatic rings. The molecule has 0 aliphatic heterocycles. The molecule has 0 saturated carbocycles.